The van der Waals surface area contributed by atoms with E-state index in [0.29, 0.717) is 36.8 Å². The highest BCUT2D eigenvalue weighted by Crippen LogP contribution is 2.40. The van der Waals surface area contributed by atoms with E-state index in [-0.39, 0.29) is 11.3 Å². The molecule has 1 fully saturated rings. The van der Waals surface area contributed by atoms with Gasteiger partial charge in [-0.2, -0.15) is 0 Å². The van der Waals surface area contributed by atoms with Gasteiger partial charge in [-0.1, -0.05) is 86.6 Å². The number of aliphatic hydroxyl groups excluding tert-OH is 1. The Balaban J connectivity index is 1.72. The van der Waals surface area contributed by atoms with Crippen LogP contribution in [0.15, 0.2) is 90.5 Å². The predicted molar refractivity (Wildman–Crippen MR) is 137 cm³/mol. The molecule has 5 nitrogen and oxygen atoms in total. The number of hydrogen-bond donors (Lipinski definition) is 1. The second-order valence-electron chi connectivity index (χ2n) is 9.20. The number of rotatable bonds is 9. The molecular formula is C30H31NO4. The first kappa shape index (κ1) is 24.3. The highest BCUT2D eigenvalue weighted by atomic mass is 16.5. The Hall–Kier alpha value is -3.86. The number of carbonyl (C=O) groups is 2. The molecule has 0 saturated carbocycles. The minimum Gasteiger partial charge on any atom is -0.507 e. The van der Waals surface area contributed by atoms with Crippen LogP contribution in [0.2, 0.25) is 0 Å². The molecule has 0 aliphatic carbocycles. The van der Waals surface area contributed by atoms with Gasteiger partial charge in [-0.05, 0) is 42.0 Å². The zero-order valence-electron chi connectivity index (χ0n) is 20.2. The van der Waals surface area contributed by atoms with Crippen LogP contribution in [0.5, 0.6) is 5.75 Å². The number of benzene rings is 3. The van der Waals surface area contributed by atoms with E-state index in [1.54, 1.807) is 29.2 Å². The van der Waals surface area contributed by atoms with Crippen LogP contribution in [0, 0.1) is 5.92 Å². The van der Waals surface area contributed by atoms with Gasteiger partial charge < -0.3 is 14.7 Å². The third-order valence-electron chi connectivity index (χ3n) is 6.21. The van der Waals surface area contributed by atoms with Crippen molar-refractivity contribution in [3.63, 3.8) is 0 Å². The van der Waals surface area contributed by atoms with Crippen molar-refractivity contribution in [2.45, 2.75) is 32.7 Å². The highest BCUT2D eigenvalue weighted by Gasteiger charge is 2.45. The van der Waals surface area contributed by atoms with Gasteiger partial charge in [0.05, 0.1) is 18.2 Å². The van der Waals surface area contributed by atoms with Gasteiger partial charge in [-0.25, -0.2) is 0 Å². The number of carbonyl (C=O) groups excluding carboxylic acids is 2. The molecule has 1 saturated heterocycles. The number of likely N-dealkylation sites (tertiary alicyclic amines) is 1. The summed E-state index contributed by atoms with van der Waals surface area (Å²) >= 11 is 0. The standard InChI is InChI=1S/C30H31NO4/c1-21(2)17-19-35-25-15-9-14-24(20-25)27-26(28(32)23-12-7-4-8-13-23)29(33)30(34)31(27)18-16-22-10-5-3-6-11-22/h3-15,20-21,27,32H,16-19H2,1-2H3/b28-26+. The topological polar surface area (TPSA) is 66.8 Å². The zero-order valence-corrected chi connectivity index (χ0v) is 20.2. The fourth-order valence-corrected chi connectivity index (χ4v) is 4.29. The lowest BCUT2D eigenvalue weighted by Crippen LogP contribution is -2.31. The highest BCUT2D eigenvalue weighted by molar-refractivity contribution is 6.46. The summed E-state index contributed by atoms with van der Waals surface area (Å²) in [5.74, 6) is -0.238. The Morgan fingerprint density at radius 1 is 0.943 bits per heavy atom. The summed E-state index contributed by atoms with van der Waals surface area (Å²) in [5.41, 5.74) is 2.41. The van der Waals surface area contributed by atoms with Gasteiger partial charge in [0.25, 0.3) is 11.7 Å². The summed E-state index contributed by atoms with van der Waals surface area (Å²) in [4.78, 5) is 28.0. The van der Waals surface area contributed by atoms with Crippen molar-refractivity contribution in [2.24, 2.45) is 5.92 Å². The quantitative estimate of drug-likeness (QED) is 0.245. The fraction of sp³-hybridized carbons (Fsp3) is 0.267. The zero-order chi connectivity index (χ0) is 24.8. The minimum atomic E-state index is -0.701. The lowest BCUT2D eigenvalue weighted by atomic mass is 9.95. The summed E-state index contributed by atoms with van der Waals surface area (Å²) in [7, 11) is 0. The Labute approximate surface area is 206 Å². The first-order valence-electron chi connectivity index (χ1n) is 12.1. The second-order valence-corrected chi connectivity index (χ2v) is 9.20. The van der Waals surface area contributed by atoms with E-state index in [9.17, 15) is 14.7 Å². The molecule has 3 aromatic rings. The summed E-state index contributed by atoms with van der Waals surface area (Å²) in [6, 6.07) is 25.5. The molecule has 1 unspecified atom stereocenters. The van der Waals surface area contributed by atoms with Crippen LogP contribution in [0.4, 0.5) is 0 Å². The molecule has 35 heavy (non-hydrogen) atoms. The van der Waals surface area contributed by atoms with Gasteiger partial charge in [0.2, 0.25) is 0 Å². The van der Waals surface area contributed by atoms with Gasteiger partial charge >= 0.3 is 0 Å². The van der Waals surface area contributed by atoms with Crippen LogP contribution in [0.1, 0.15) is 43.0 Å². The Kier molecular flexibility index (Phi) is 7.66. The first-order valence-corrected chi connectivity index (χ1v) is 12.1. The van der Waals surface area contributed by atoms with E-state index in [2.05, 4.69) is 13.8 Å². The molecule has 1 N–H and O–H groups in total. The van der Waals surface area contributed by atoms with Crippen molar-refractivity contribution in [3.8, 4) is 5.75 Å². The van der Waals surface area contributed by atoms with Crippen molar-refractivity contribution in [1.29, 1.82) is 0 Å². The second kappa shape index (κ2) is 11.0. The maximum Gasteiger partial charge on any atom is 0.295 e. The molecule has 0 aromatic heterocycles. The van der Waals surface area contributed by atoms with E-state index in [1.165, 1.54) is 0 Å². The molecule has 1 heterocycles. The summed E-state index contributed by atoms with van der Waals surface area (Å²) < 4.78 is 5.95. The number of aliphatic hydroxyl groups is 1. The van der Waals surface area contributed by atoms with Crippen molar-refractivity contribution >= 4 is 17.4 Å². The molecule has 5 heteroatoms. The van der Waals surface area contributed by atoms with Gasteiger partial charge in [0.1, 0.15) is 11.5 Å². The van der Waals surface area contributed by atoms with E-state index >= 15 is 0 Å². The van der Waals surface area contributed by atoms with Crippen molar-refractivity contribution < 1.29 is 19.4 Å². The van der Waals surface area contributed by atoms with Gasteiger partial charge in [0.15, 0.2) is 0 Å². The van der Waals surface area contributed by atoms with E-state index in [0.717, 1.165) is 17.5 Å². The molecule has 180 valence electrons. The number of ketones is 1. The monoisotopic (exact) mass is 469 g/mol. The average molecular weight is 470 g/mol. The van der Waals surface area contributed by atoms with Crippen LogP contribution in [0.3, 0.4) is 0 Å². The largest absolute Gasteiger partial charge is 0.507 e. The van der Waals surface area contributed by atoms with Crippen molar-refractivity contribution in [3.05, 3.63) is 107 Å². The Morgan fingerprint density at radius 2 is 1.63 bits per heavy atom. The average Bonchev–Trinajstić information content (AvgIpc) is 3.13. The Bertz CT molecular complexity index is 1200. The van der Waals surface area contributed by atoms with Gasteiger partial charge in [-0.3, -0.25) is 9.59 Å². The fourth-order valence-electron chi connectivity index (χ4n) is 4.29. The number of amides is 1. The minimum absolute atomic E-state index is 0.105. The third kappa shape index (κ3) is 5.62. The van der Waals surface area contributed by atoms with Crippen LogP contribution in [0.25, 0.3) is 5.76 Å². The van der Waals surface area contributed by atoms with E-state index in [1.807, 2.05) is 60.7 Å². The van der Waals surface area contributed by atoms with Crippen LogP contribution in [-0.4, -0.2) is 34.8 Å². The molecule has 1 atom stereocenters. The van der Waals surface area contributed by atoms with Gasteiger partial charge in [0, 0.05) is 12.1 Å². The molecular weight excluding hydrogens is 438 g/mol. The number of ether oxygens (including phenoxy) is 1. The van der Waals surface area contributed by atoms with Crippen molar-refractivity contribution in [2.75, 3.05) is 13.2 Å². The lowest BCUT2D eigenvalue weighted by Gasteiger charge is -2.26. The summed E-state index contributed by atoms with van der Waals surface area (Å²) in [6.45, 7) is 5.22. The maximum atomic E-state index is 13.2. The Morgan fingerprint density at radius 3 is 2.31 bits per heavy atom. The number of Topliss-reactive ketones (excluding diaryl/α,β-unsaturated/α-hetero) is 1. The predicted octanol–water partition coefficient (Wildman–Crippen LogP) is 5.78. The number of nitrogens with zero attached hydrogens (tertiary/aromatic N) is 1. The normalized spacial score (nSPS) is 17.2. The van der Waals surface area contributed by atoms with Crippen LogP contribution < -0.4 is 4.74 Å². The number of hydrogen-bond acceptors (Lipinski definition) is 4. The van der Waals surface area contributed by atoms with E-state index < -0.39 is 17.7 Å². The molecule has 0 radical (unpaired) electrons. The van der Waals surface area contributed by atoms with Crippen LogP contribution in [-0.2, 0) is 16.0 Å². The van der Waals surface area contributed by atoms with E-state index in [4.69, 9.17) is 4.74 Å². The molecule has 1 amide bonds. The summed E-state index contributed by atoms with van der Waals surface area (Å²) in [5, 5.41) is 11.2. The smallest absolute Gasteiger partial charge is 0.295 e. The third-order valence-corrected chi connectivity index (χ3v) is 6.21. The maximum absolute atomic E-state index is 13.2. The molecule has 4 rings (SSSR count). The molecule has 0 spiro atoms. The van der Waals surface area contributed by atoms with Crippen molar-refractivity contribution in [1.82, 2.24) is 4.90 Å². The summed E-state index contributed by atoms with van der Waals surface area (Å²) in [6.07, 6.45) is 1.52. The first-order chi connectivity index (χ1) is 17.0. The SMILES string of the molecule is CC(C)CCOc1cccc(C2/C(=C(\O)c3ccccc3)C(=O)C(=O)N2CCc2ccccc2)c1. The molecule has 3 aromatic carbocycles. The molecule has 1 aliphatic rings. The molecule has 0 bridgehead atoms. The van der Waals surface area contributed by atoms with Gasteiger partial charge in [-0.15, -0.1) is 0 Å². The van der Waals surface area contributed by atoms with Crippen LogP contribution >= 0.6 is 0 Å². The molecule has 1 aliphatic heterocycles. The lowest BCUT2D eigenvalue weighted by molar-refractivity contribution is -0.139.